The summed E-state index contributed by atoms with van der Waals surface area (Å²) in [6.45, 7) is 8.60. The molecule has 0 radical (unpaired) electrons. The average Bonchev–Trinajstić information content (AvgIpc) is 3.20. The number of amides is 1. The second-order valence-corrected chi connectivity index (χ2v) is 9.57. The van der Waals surface area contributed by atoms with E-state index in [-0.39, 0.29) is 30.9 Å². The molecule has 0 aliphatic carbocycles. The molecule has 1 N–H and O–H groups in total. The molecule has 3 rings (SSSR count). The molecule has 0 unspecified atom stereocenters. The fraction of sp³-hybridized carbons (Fsp3) is 0.542. The van der Waals surface area contributed by atoms with E-state index in [2.05, 4.69) is 30.2 Å². The van der Waals surface area contributed by atoms with Crippen LogP contribution in [0.3, 0.4) is 0 Å². The van der Waals surface area contributed by atoms with Crippen LogP contribution in [-0.4, -0.2) is 59.7 Å². The molecular formula is C24H33FN2O3S. The number of thiophene rings is 1. The zero-order chi connectivity index (χ0) is 22.4. The number of nitrogens with zero attached hydrogens (tertiary/aromatic N) is 2. The minimum absolute atomic E-state index is 0.0358. The normalized spacial score (nSPS) is 17.1. The van der Waals surface area contributed by atoms with Crippen molar-refractivity contribution < 1.29 is 19.0 Å². The average molecular weight is 449 g/mol. The molecule has 2 aromatic rings. The molecular weight excluding hydrogens is 415 g/mol. The monoisotopic (exact) mass is 448 g/mol. The Labute approximate surface area is 188 Å². The van der Waals surface area contributed by atoms with E-state index in [1.807, 2.05) is 11.8 Å². The fourth-order valence-electron chi connectivity index (χ4n) is 4.04. The van der Waals surface area contributed by atoms with Crippen molar-refractivity contribution in [3.05, 3.63) is 52.0 Å². The highest BCUT2D eigenvalue weighted by molar-refractivity contribution is 7.10. The second kappa shape index (κ2) is 11.1. The van der Waals surface area contributed by atoms with Crippen molar-refractivity contribution in [1.82, 2.24) is 9.80 Å². The maximum atomic E-state index is 13.5. The number of hydrogen-bond donors (Lipinski definition) is 1. The summed E-state index contributed by atoms with van der Waals surface area (Å²) in [5.41, 5.74) is 1.12. The van der Waals surface area contributed by atoms with Gasteiger partial charge in [0.15, 0.2) is 0 Å². The number of ether oxygens (including phenoxy) is 1. The van der Waals surface area contributed by atoms with Crippen LogP contribution in [0.25, 0.3) is 0 Å². The van der Waals surface area contributed by atoms with Gasteiger partial charge in [0.2, 0.25) is 5.91 Å². The van der Waals surface area contributed by atoms with Gasteiger partial charge in [-0.05, 0) is 47.9 Å². The number of rotatable bonds is 10. The third kappa shape index (κ3) is 6.51. The van der Waals surface area contributed by atoms with Gasteiger partial charge in [-0.1, -0.05) is 26.8 Å². The molecule has 1 aromatic heterocycles. The molecule has 0 fully saturated rings. The summed E-state index contributed by atoms with van der Waals surface area (Å²) in [5, 5.41) is 12.2. The summed E-state index contributed by atoms with van der Waals surface area (Å²) >= 11 is 1.70. The van der Waals surface area contributed by atoms with Crippen LogP contribution >= 0.6 is 11.3 Å². The molecule has 31 heavy (non-hydrogen) atoms. The number of aliphatic hydroxyl groups is 1. The van der Waals surface area contributed by atoms with Gasteiger partial charge in [-0.2, -0.15) is 0 Å². The minimum Gasteiger partial charge on any atom is -0.491 e. The van der Waals surface area contributed by atoms with Crippen LogP contribution < -0.4 is 4.74 Å². The minimum atomic E-state index is -0.441. The third-order valence-corrected chi connectivity index (χ3v) is 6.54. The first-order valence-electron chi connectivity index (χ1n) is 11.0. The highest BCUT2D eigenvalue weighted by atomic mass is 32.1. The molecule has 1 aromatic carbocycles. The van der Waals surface area contributed by atoms with Crippen LogP contribution in [0.4, 0.5) is 4.39 Å². The van der Waals surface area contributed by atoms with Crippen LogP contribution in [-0.2, 0) is 11.2 Å². The first-order valence-corrected chi connectivity index (χ1v) is 11.9. The van der Waals surface area contributed by atoms with E-state index in [4.69, 9.17) is 4.74 Å². The Hall–Kier alpha value is -1.96. The molecule has 1 aliphatic rings. The number of halogens is 1. The van der Waals surface area contributed by atoms with E-state index in [0.717, 1.165) is 18.5 Å². The summed E-state index contributed by atoms with van der Waals surface area (Å²) in [4.78, 5) is 18.6. The largest absolute Gasteiger partial charge is 0.491 e. The Kier molecular flexibility index (Phi) is 8.46. The maximum Gasteiger partial charge on any atom is 0.237 e. The molecule has 5 nitrogen and oxygen atoms in total. The predicted octanol–water partition coefficient (Wildman–Crippen LogP) is 4.12. The van der Waals surface area contributed by atoms with E-state index in [0.29, 0.717) is 31.2 Å². The van der Waals surface area contributed by atoms with Gasteiger partial charge in [0, 0.05) is 30.6 Å². The van der Waals surface area contributed by atoms with E-state index in [1.54, 1.807) is 23.5 Å². The van der Waals surface area contributed by atoms with E-state index in [9.17, 15) is 14.3 Å². The third-order valence-electron chi connectivity index (χ3n) is 5.54. The summed E-state index contributed by atoms with van der Waals surface area (Å²) in [6, 6.07) is 7.94. The number of hydrogen-bond acceptors (Lipinski definition) is 5. The highest BCUT2D eigenvalue weighted by Gasteiger charge is 2.33. The van der Waals surface area contributed by atoms with Gasteiger partial charge in [0.05, 0.1) is 18.7 Å². The Morgan fingerprint density at radius 1 is 1.35 bits per heavy atom. The van der Waals surface area contributed by atoms with Crippen molar-refractivity contribution in [2.24, 2.45) is 5.92 Å². The number of carbonyl (C=O) groups excluding carboxylic acids is 1. The summed E-state index contributed by atoms with van der Waals surface area (Å²) in [6.07, 6.45) is 1.05. The summed E-state index contributed by atoms with van der Waals surface area (Å²) < 4.78 is 19.4. The SMILES string of the molecule is CC[C@H](O)CN(CC(=O)N1CCc2sccc2[C@H]1COc1cccc(F)c1)CC(C)C. The van der Waals surface area contributed by atoms with Gasteiger partial charge < -0.3 is 14.7 Å². The fourth-order valence-corrected chi connectivity index (χ4v) is 4.96. The van der Waals surface area contributed by atoms with Gasteiger partial charge in [0.25, 0.3) is 0 Å². The second-order valence-electron chi connectivity index (χ2n) is 8.57. The van der Waals surface area contributed by atoms with Crippen LogP contribution in [0.2, 0.25) is 0 Å². The molecule has 7 heteroatoms. The standard InChI is InChI=1S/C24H33FN2O3S/c1-4-19(28)14-26(13-17(2)3)15-24(29)27-10-8-23-21(9-11-31-23)22(27)16-30-20-7-5-6-18(25)12-20/h5-7,9,11-12,17,19,22,28H,4,8,10,13-16H2,1-3H3/t19-,22+/m0/s1. The number of benzene rings is 1. The quantitative estimate of drug-likeness (QED) is 0.594. The molecule has 2 atom stereocenters. The molecule has 0 saturated carbocycles. The van der Waals surface area contributed by atoms with Crippen molar-refractivity contribution in [2.75, 3.05) is 32.8 Å². The van der Waals surface area contributed by atoms with Crippen molar-refractivity contribution in [2.45, 2.75) is 45.8 Å². The lowest BCUT2D eigenvalue weighted by Gasteiger charge is -2.37. The molecule has 0 spiro atoms. The molecule has 1 amide bonds. The smallest absolute Gasteiger partial charge is 0.237 e. The molecule has 170 valence electrons. The maximum absolute atomic E-state index is 13.5. The van der Waals surface area contributed by atoms with Gasteiger partial charge in [-0.25, -0.2) is 4.39 Å². The Morgan fingerprint density at radius 2 is 2.16 bits per heavy atom. The summed E-state index contributed by atoms with van der Waals surface area (Å²) in [7, 11) is 0. The van der Waals surface area contributed by atoms with Crippen molar-refractivity contribution in [1.29, 1.82) is 0 Å². The van der Waals surface area contributed by atoms with Crippen LogP contribution in [0, 0.1) is 11.7 Å². The zero-order valence-corrected chi connectivity index (χ0v) is 19.4. The molecule has 0 bridgehead atoms. The number of fused-ring (bicyclic) bond motifs is 1. The van der Waals surface area contributed by atoms with Crippen molar-refractivity contribution in [3.8, 4) is 5.75 Å². The topological polar surface area (TPSA) is 53.0 Å². The van der Waals surface area contributed by atoms with Gasteiger partial charge in [-0.3, -0.25) is 9.69 Å². The molecule has 1 aliphatic heterocycles. The van der Waals surface area contributed by atoms with Crippen molar-refractivity contribution >= 4 is 17.2 Å². The van der Waals surface area contributed by atoms with E-state index < -0.39 is 6.10 Å². The van der Waals surface area contributed by atoms with Crippen LogP contribution in [0.1, 0.15) is 43.7 Å². The number of carbonyl (C=O) groups is 1. The number of aliphatic hydroxyl groups excluding tert-OH is 1. The van der Waals surface area contributed by atoms with Gasteiger partial charge >= 0.3 is 0 Å². The van der Waals surface area contributed by atoms with Crippen molar-refractivity contribution in [3.63, 3.8) is 0 Å². The first-order chi connectivity index (χ1) is 14.9. The van der Waals surface area contributed by atoms with E-state index in [1.165, 1.54) is 17.0 Å². The lowest BCUT2D eigenvalue weighted by atomic mass is 10.00. The predicted molar refractivity (Wildman–Crippen MR) is 122 cm³/mol. The lowest BCUT2D eigenvalue weighted by Crippen LogP contribution is -2.48. The molecule has 0 saturated heterocycles. The highest BCUT2D eigenvalue weighted by Crippen LogP contribution is 2.34. The summed E-state index contributed by atoms with van der Waals surface area (Å²) in [5.74, 6) is 0.550. The Morgan fingerprint density at radius 3 is 2.87 bits per heavy atom. The van der Waals surface area contributed by atoms with E-state index >= 15 is 0 Å². The Bertz CT molecular complexity index is 857. The van der Waals surface area contributed by atoms with Crippen LogP contribution in [0.15, 0.2) is 35.7 Å². The molecule has 2 heterocycles. The lowest BCUT2D eigenvalue weighted by molar-refractivity contribution is -0.136. The Balaban J connectivity index is 1.74. The van der Waals surface area contributed by atoms with Gasteiger partial charge in [-0.15, -0.1) is 11.3 Å². The zero-order valence-electron chi connectivity index (χ0n) is 18.6. The first kappa shape index (κ1) is 23.7. The van der Waals surface area contributed by atoms with Crippen LogP contribution in [0.5, 0.6) is 5.75 Å². The van der Waals surface area contributed by atoms with Gasteiger partial charge in [0.1, 0.15) is 18.2 Å².